The van der Waals surface area contributed by atoms with Crippen molar-refractivity contribution in [3.8, 4) is 11.3 Å². The van der Waals surface area contributed by atoms with Gasteiger partial charge in [0.2, 0.25) is 0 Å². The van der Waals surface area contributed by atoms with Crippen molar-refractivity contribution in [1.29, 1.82) is 0 Å². The first kappa shape index (κ1) is 12.6. The summed E-state index contributed by atoms with van der Waals surface area (Å²) in [5.41, 5.74) is 2.69. The second kappa shape index (κ2) is 4.41. The minimum absolute atomic E-state index is 0.0235. The Bertz CT molecular complexity index is 559. The van der Waals surface area contributed by atoms with Gasteiger partial charge in [-0.2, -0.15) is 0 Å². The lowest BCUT2D eigenvalue weighted by Crippen LogP contribution is -2.17. The molecule has 0 aliphatic carbocycles. The quantitative estimate of drug-likeness (QED) is 0.758. The van der Waals surface area contributed by atoms with Gasteiger partial charge in [-0.15, -0.1) is 0 Å². The summed E-state index contributed by atoms with van der Waals surface area (Å²) in [5, 5.41) is 0. The zero-order chi connectivity index (χ0) is 13.3. The highest BCUT2D eigenvalue weighted by molar-refractivity contribution is 5.76. The van der Waals surface area contributed by atoms with E-state index in [1.807, 2.05) is 37.5 Å². The number of aromatic nitrogens is 2. The van der Waals surface area contributed by atoms with Crippen molar-refractivity contribution in [3.63, 3.8) is 0 Å². The number of rotatable bonds is 2. The van der Waals surface area contributed by atoms with Gasteiger partial charge >= 0.3 is 0 Å². The van der Waals surface area contributed by atoms with E-state index in [2.05, 4.69) is 30.3 Å². The molecule has 0 saturated carbocycles. The van der Waals surface area contributed by atoms with E-state index in [1.165, 1.54) is 0 Å². The fraction of sp³-hybridized carbons (Fsp3) is 0.333. The van der Waals surface area contributed by atoms with Crippen LogP contribution in [-0.4, -0.2) is 15.8 Å². The molecule has 0 amide bonds. The molecule has 0 spiro atoms. The minimum Gasteiger partial charge on any atom is -0.337 e. The van der Waals surface area contributed by atoms with Gasteiger partial charge in [0.15, 0.2) is 0 Å². The average Bonchev–Trinajstić information content (AvgIpc) is 2.71. The Hall–Kier alpha value is -1.90. The molecule has 3 nitrogen and oxygen atoms in total. The Morgan fingerprint density at radius 3 is 2.22 bits per heavy atom. The number of hydrogen-bond acceptors (Lipinski definition) is 2. The average molecular weight is 242 g/mol. The number of nitrogens with zero attached hydrogens (tertiary/aromatic N) is 2. The molecule has 0 N–H and O–H groups in total. The van der Waals surface area contributed by atoms with Crippen LogP contribution in [0.4, 0.5) is 0 Å². The van der Waals surface area contributed by atoms with Gasteiger partial charge in [0.25, 0.3) is 0 Å². The summed E-state index contributed by atoms with van der Waals surface area (Å²) >= 11 is 0. The van der Waals surface area contributed by atoms with Crippen LogP contribution in [0.1, 0.15) is 37.0 Å². The van der Waals surface area contributed by atoms with Gasteiger partial charge in [0.1, 0.15) is 12.1 Å². The molecule has 0 aliphatic rings. The van der Waals surface area contributed by atoms with Crippen molar-refractivity contribution in [3.05, 3.63) is 41.9 Å². The number of carbonyl (C=O) groups is 1. The molecular formula is C15H18N2O. The molecule has 0 unspecified atom stereocenters. The molecule has 0 bridgehead atoms. The zero-order valence-electron chi connectivity index (χ0n) is 11.3. The Balaban J connectivity index is 2.42. The number of benzene rings is 1. The van der Waals surface area contributed by atoms with Crippen molar-refractivity contribution >= 4 is 6.29 Å². The SMILES string of the molecule is Cn1cc(-c2ccc(C=O)cc2)nc1C(C)(C)C. The molecule has 2 aromatic rings. The molecular weight excluding hydrogens is 224 g/mol. The van der Waals surface area contributed by atoms with E-state index >= 15 is 0 Å². The highest BCUT2D eigenvalue weighted by Crippen LogP contribution is 2.25. The summed E-state index contributed by atoms with van der Waals surface area (Å²) in [6, 6.07) is 7.48. The second-order valence-electron chi connectivity index (χ2n) is 5.55. The van der Waals surface area contributed by atoms with Crippen molar-refractivity contribution < 1.29 is 4.79 Å². The van der Waals surface area contributed by atoms with Gasteiger partial charge in [0.05, 0.1) is 5.69 Å². The molecule has 0 aliphatic heterocycles. The van der Waals surface area contributed by atoms with Crippen LogP contribution in [0, 0.1) is 0 Å². The van der Waals surface area contributed by atoms with E-state index < -0.39 is 0 Å². The molecule has 0 fully saturated rings. The smallest absolute Gasteiger partial charge is 0.150 e. The minimum atomic E-state index is 0.0235. The first-order valence-corrected chi connectivity index (χ1v) is 6.01. The fourth-order valence-corrected chi connectivity index (χ4v) is 2.03. The predicted octanol–water partition coefficient (Wildman–Crippen LogP) is 3.20. The summed E-state index contributed by atoms with van der Waals surface area (Å²) < 4.78 is 2.06. The lowest BCUT2D eigenvalue weighted by Gasteiger charge is -2.17. The molecule has 2 rings (SSSR count). The van der Waals surface area contributed by atoms with Crippen molar-refractivity contribution in [1.82, 2.24) is 9.55 Å². The molecule has 1 aromatic heterocycles. The van der Waals surface area contributed by atoms with Crippen LogP contribution in [0.5, 0.6) is 0 Å². The topological polar surface area (TPSA) is 34.9 Å². The van der Waals surface area contributed by atoms with Crippen molar-refractivity contribution in [2.75, 3.05) is 0 Å². The number of aryl methyl sites for hydroxylation is 1. The summed E-state index contributed by atoms with van der Waals surface area (Å²) in [7, 11) is 2.01. The molecule has 3 heteroatoms. The second-order valence-corrected chi connectivity index (χ2v) is 5.55. The monoisotopic (exact) mass is 242 g/mol. The van der Waals surface area contributed by atoms with Crippen LogP contribution >= 0.6 is 0 Å². The molecule has 1 heterocycles. The van der Waals surface area contributed by atoms with E-state index in [-0.39, 0.29) is 5.41 Å². The van der Waals surface area contributed by atoms with Crippen LogP contribution in [-0.2, 0) is 12.5 Å². The first-order valence-electron chi connectivity index (χ1n) is 6.01. The van der Waals surface area contributed by atoms with Crippen LogP contribution < -0.4 is 0 Å². The normalized spacial score (nSPS) is 11.6. The van der Waals surface area contributed by atoms with Gasteiger partial charge in [-0.3, -0.25) is 4.79 Å². The Morgan fingerprint density at radius 2 is 1.78 bits per heavy atom. The first-order chi connectivity index (χ1) is 8.41. The molecule has 18 heavy (non-hydrogen) atoms. The van der Waals surface area contributed by atoms with Crippen molar-refractivity contribution in [2.45, 2.75) is 26.2 Å². The zero-order valence-corrected chi connectivity index (χ0v) is 11.3. The number of aldehydes is 1. The third-order valence-electron chi connectivity index (χ3n) is 2.89. The predicted molar refractivity (Wildman–Crippen MR) is 72.7 cm³/mol. The van der Waals surface area contributed by atoms with E-state index in [1.54, 1.807) is 0 Å². The highest BCUT2D eigenvalue weighted by Gasteiger charge is 2.20. The largest absolute Gasteiger partial charge is 0.337 e. The third-order valence-corrected chi connectivity index (χ3v) is 2.89. The molecule has 0 radical (unpaired) electrons. The fourth-order valence-electron chi connectivity index (χ4n) is 2.03. The summed E-state index contributed by atoms with van der Waals surface area (Å²) in [6.07, 6.45) is 2.87. The van der Waals surface area contributed by atoms with Gasteiger partial charge in [-0.1, -0.05) is 45.0 Å². The van der Waals surface area contributed by atoms with Crippen LogP contribution in [0.25, 0.3) is 11.3 Å². The molecule has 1 aromatic carbocycles. The number of carbonyl (C=O) groups excluding carboxylic acids is 1. The lowest BCUT2D eigenvalue weighted by atomic mass is 9.96. The molecule has 94 valence electrons. The number of hydrogen-bond donors (Lipinski definition) is 0. The van der Waals surface area contributed by atoms with Gasteiger partial charge in [-0.05, 0) is 0 Å². The summed E-state index contributed by atoms with van der Waals surface area (Å²) in [4.78, 5) is 15.3. The molecule has 0 atom stereocenters. The number of imidazole rings is 1. The van der Waals surface area contributed by atoms with Gasteiger partial charge < -0.3 is 4.57 Å². The van der Waals surface area contributed by atoms with Crippen molar-refractivity contribution in [2.24, 2.45) is 7.05 Å². The summed E-state index contributed by atoms with van der Waals surface area (Å²) in [5.74, 6) is 1.05. The van der Waals surface area contributed by atoms with E-state index in [9.17, 15) is 4.79 Å². The Morgan fingerprint density at radius 1 is 1.17 bits per heavy atom. The standard InChI is InChI=1S/C15H18N2O/c1-15(2,3)14-16-13(9-17(14)4)12-7-5-11(10-18)6-8-12/h5-10H,1-4H3. The molecule has 0 saturated heterocycles. The van der Waals surface area contributed by atoms with Gasteiger partial charge in [-0.25, -0.2) is 4.98 Å². The van der Waals surface area contributed by atoms with E-state index in [0.717, 1.165) is 23.4 Å². The van der Waals surface area contributed by atoms with Gasteiger partial charge in [0, 0.05) is 29.8 Å². The Kier molecular flexibility index (Phi) is 3.07. The van der Waals surface area contributed by atoms with Crippen LogP contribution in [0.15, 0.2) is 30.5 Å². The Labute approximate surface area is 107 Å². The summed E-state index contributed by atoms with van der Waals surface area (Å²) in [6.45, 7) is 6.44. The van der Waals surface area contributed by atoms with Crippen LogP contribution in [0.3, 0.4) is 0 Å². The highest BCUT2D eigenvalue weighted by atomic mass is 16.1. The maximum atomic E-state index is 10.6. The van der Waals surface area contributed by atoms with Crippen LogP contribution in [0.2, 0.25) is 0 Å². The van der Waals surface area contributed by atoms with E-state index in [0.29, 0.717) is 5.56 Å². The lowest BCUT2D eigenvalue weighted by molar-refractivity contribution is 0.112. The maximum absolute atomic E-state index is 10.6. The van der Waals surface area contributed by atoms with E-state index in [4.69, 9.17) is 0 Å². The third kappa shape index (κ3) is 2.35. The maximum Gasteiger partial charge on any atom is 0.150 e.